The summed E-state index contributed by atoms with van der Waals surface area (Å²) in [4.78, 5) is 4.56. The number of hydrazone groups is 1. The fourth-order valence-electron chi connectivity index (χ4n) is 3.21. The van der Waals surface area contributed by atoms with Gasteiger partial charge in [-0.2, -0.15) is 5.10 Å². The molecule has 0 aliphatic carbocycles. The minimum absolute atomic E-state index is 0.426. The van der Waals surface area contributed by atoms with E-state index >= 15 is 0 Å². The van der Waals surface area contributed by atoms with E-state index in [2.05, 4.69) is 38.1 Å². The van der Waals surface area contributed by atoms with Crippen LogP contribution in [0.1, 0.15) is 18.1 Å². The van der Waals surface area contributed by atoms with E-state index in [1.54, 1.807) is 6.21 Å². The Morgan fingerprint density at radius 3 is 2.66 bits per heavy atom. The average Bonchev–Trinajstić information content (AvgIpc) is 3.10. The first-order valence-corrected chi connectivity index (χ1v) is 11.5. The highest BCUT2D eigenvalue weighted by atomic mass is 127. The number of hydrogen-bond acceptors (Lipinski definition) is 5. The van der Waals surface area contributed by atoms with Gasteiger partial charge in [0, 0.05) is 12.1 Å². The van der Waals surface area contributed by atoms with Crippen LogP contribution >= 0.6 is 34.2 Å². The lowest BCUT2D eigenvalue weighted by atomic mass is 10.2. The first-order chi connectivity index (χ1) is 15.5. The first-order valence-electron chi connectivity index (χ1n) is 10.1. The molecule has 8 heteroatoms. The second kappa shape index (κ2) is 10.2. The summed E-state index contributed by atoms with van der Waals surface area (Å²) in [6, 6.07) is 19.5. The van der Waals surface area contributed by atoms with Crippen molar-refractivity contribution in [2.24, 2.45) is 12.1 Å². The predicted octanol–water partition coefficient (Wildman–Crippen LogP) is 6.26. The van der Waals surface area contributed by atoms with Gasteiger partial charge in [-0.05, 0) is 77.0 Å². The number of anilines is 1. The van der Waals surface area contributed by atoms with Crippen LogP contribution in [-0.4, -0.2) is 22.4 Å². The molecule has 0 radical (unpaired) electrons. The molecule has 0 spiro atoms. The number of ether oxygens (including phenoxy) is 2. The summed E-state index contributed by atoms with van der Waals surface area (Å²) in [5.74, 6) is 2.06. The lowest BCUT2D eigenvalue weighted by Gasteiger charge is -2.15. The molecule has 4 aromatic rings. The molecule has 0 bridgehead atoms. The maximum Gasteiger partial charge on any atom is 0.224 e. The highest BCUT2D eigenvalue weighted by molar-refractivity contribution is 14.1. The summed E-state index contributed by atoms with van der Waals surface area (Å²) in [5, 5.41) is 5.07. The van der Waals surface area contributed by atoms with Crippen LogP contribution in [0.4, 0.5) is 5.95 Å². The largest absolute Gasteiger partial charge is 0.490 e. The molecule has 0 amide bonds. The van der Waals surface area contributed by atoms with Crippen molar-refractivity contribution in [2.75, 3.05) is 12.0 Å². The van der Waals surface area contributed by atoms with E-state index in [-0.39, 0.29) is 0 Å². The van der Waals surface area contributed by atoms with Crippen LogP contribution < -0.4 is 14.9 Å². The highest BCUT2D eigenvalue weighted by Crippen LogP contribution is 2.34. The van der Waals surface area contributed by atoms with Crippen molar-refractivity contribution in [3.05, 3.63) is 80.4 Å². The van der Waals surface area contributed by atoms with Gasteiger partial charge in [0.25, 0.3) is 0 Å². The van der Waals surface area contributed by atoms with Crippen LogP contribution in [0.25, 0.3) is 11.0 Å². The normalized spacial score (nSPS) is 11.2. The molecule has 32 heavy (non-hydrogen) atoms. The van der Waals surface area contributed by atoms with Crippen molar-refractivity contribution in [3.8, 4) is 11.5 Å². The fourth-order valence-corrected chi connectivity index (χ4v) is 4.12. The molecule has 4 rings (SSSR count). The summed E-state index contributed by atoms with van der Waals surface area (Å²) in [6.07, 6.45) is 1.74. The van der Waals surface area contributed by atoms with Crippen molar-refractivity contribution in [1.82, 2.24) is 9.55 Å². The van der Waals surface area contributed by atoms with E-state index in [0.29, 0.717) is 35.7 Å². The van der Waals surface area contributed by atoms with Crippen molar-refractivity contribution in [3.63, 3.8) is 0 Å². The van der Waals surface area contributed by atoms with Crippen molar-refractivity contribution < 1.29 is 9.47 Å². The molecule has 164 valence electrons. The van der Waals surface area contributed by atoms with Crippen LogP contribution in [-0.2, 0) is 13.7 Å². The Balaban J connectivity index is 1.51. The van der Waals surface area contributed by atoms with E-state index in [9.17, 15) is 0 Å². The number of aryl methyl sites for hydroxylation is 1. The van der Waals surface area contributed by atoms with Gasteiger partial charge < -0.3 is 14.0 Å². The summed E-state index contributed by atoms with van der Waals surface area (Å²) >= 11 is 8.22. The number of hydrogen-bond donors (Lipinski definition) is 1. The molecule has 0 fully saturated rings. The number of fused-ring (bicyclic) bond motifs is 1. The minimum atomic E-state index is 0.426. The number of nitrogens with zero attached hydrogens (tertiary/aromatic N) is 3. The number of para-hydroxylation sites is 2. The zero-order valence-electron chi connectivity index (χ0n) is 17.7. The van der Waals surface area contributed by atoms with Gasteiger partial charge in [0.2, 0.25) is 5.95 Å². The molecular weight excluding hydrogens is 539 g/mol. The van der Waals surface area contributed by atoms with Gasteiger partial charge in [-0.3, -0.25) is 0 Å². The second-order valence-electron chi connectivity index (χ2n) is 7.03. The van der Waals surface area contributed by atoms with E-state index in [1.807, 2.05) is 79.2 Å². The molecule has 0 saturated heterocycles. The highest BCUT2D eigenvalue weighted by Gasteiger charge is 2.12. The van der Waals surface area contributed by atoms with E-state index in [4.69, 9.17) is 21.1 Å². The third kappa shape index (κ3) is 5.16. The Kier molecular flexibility index (Phi) is 7.16. The van der Waals surface area contributed by atoms with Crippen LogP contribution in [0.2, 0.25) is 5.02 Å². The molecule has 1 aromatic heterocycles. The van der Waals surface area contributed by atoms with Crippen LogP contribution in [0.15, 0.2) is 65.8 Å². The molecule has 6 nitrogen and oxygen atoms in total. The molecule has 0 aliphatic heterocycles. The van der Waals surface area contributed by atoms with Crippen molar-refractivity contribution in [1.29, 1.82) is 0 Å². The zero-order valence-corrected chi connectivity index (χ0v) is 20.6. The first kappa shape index (κ1) is 22.4. The Bertz CT molecular complexity index is 1260. The molecule has 0 saturated carbocycles. The monoisotopic (exact) mass is 560 g/mol. The maximum absolute atomic E-state index is 6.08. The lowest BCUT2D eigenvalue weighted by molar-refractivity contribution is 0.267. The molecule has 3 aromatic carbocycles. The van der Waals surface area contributed by atoms with Crippen molar-refractivity contribution in [2.45, 2.75) is 13.5 Å². The molecular formula is C24H22ClIN4O2. The Morgan fingerprint density at radius 1 is 1.12 bits per heavy atom. The fraction of sp³-hybridized carbons (Fsp3) is 0.167. The van der Waals surface area contributed by atoms with Gasteiger partial charge in [0.1, 0.15) is 6.61 Å². The number of halogens is 2. The maximum atomic E-state index is 6.08. The van der Waals surface area contributed by atoms with E-state index in [0.717, 1.165) is 25.7 Å². The van der Waals surface area contributed by atoms with E-state index in [1.165, 1.54) is 0 Å². The third-order valence-electron chi connectivity index (χ3n) is 4.79. The number of rotatable bonds is 8. The second-order valence-corrected chi connectivity index (χ2v) is 8.63. The predicted molar refractivity (Wildman–Crippen MR) is 138 cm³/mol. The van der Waals surface area contributed by atoms with Crippen LogP contribution in [0, 0.1) is 3.57 Å². The Hall–Kier alpha value is -2.78. The Labute approximate surface area is 205 Å². The molecule has 1 heterocycles. The summed E-state index contributed by atoms with van der Waals surface area (Å²) in [5.41, 5.74) is 6.91. The molecule has 0 aliphatic rings. The summed E-state index contributed by atoms with van der Waals surface area (Å²) in [6.45, 7) is 2.91. The van der Waals surface area contributed by atoms with Gasteiger partial charge in [-0.1, -0.05) is 35.9 Å². The van der Waals surface area contributed by atoms with E-state index < -0.39 is 0 Å². The number of benzene rings is 3. The summed E-state index contributed by atoms with van der Waals surface area (Å²) in [7, 11) is 1.95. The number of imidazole rings is 1. The minimum Gasteiger partial charge on any atom is -0.490 e. The third-order valence-corrected chi connectivity index (χ3v) is 5.85. The topological polar surface area (TPSA) is 60.7 Å². The number of aromatic nitrogens is 2. The summed E-state index contributed by atoms with van der Waals surface area (Å²) < 4.78 is 14.8. The van der Waals surface area contributed by atoms with Gasteiger partial charge in [0.05, 0.1) is 27.4 Å². The van der Waals surface area contributed by atoms with Gasteiger partial charge >= 0.3 is 0 Å². The van der Waals surface area contributed by atoms with Gasteiger partial charge in [-0.25, -0.2) is 10.4 Å². The molecule has 1 N–H and O–H groups in total. The molecule has 0 atom stereocenters. The quantitative estimate of drug-likeness (QED) is 0.157. The van der Waals surface area contributed by atoms with Gasteiger partial charge in [0.15, 0.2) is 11.5 Å². The van der Waals surface area contributed by atoms with Gasteiger partial charge in [-0.15, -0.1) is 0 Å². The van der Waals surface area contributed by atoms with Crippen LogP contribution in [0.3, 0.4) is 0 Å². The standard InChI is InChI=1S/C24H22ClIN4O2/c1-3-31-22-13-17(12-19(26)23(22)32-15-16-8-10-18(25)11-9-16)14-27-29-24-28-20-6-4-5-7-21(20)30(24)2/h4-14H,3,15H2,1-2H3,(H,28,29)/b27-14-. The van der Waals surface area contributed by atoms with Crippen molar-refractivity contribution >= 4 is 57.4 Å². The molecule has 0 unspecified atom stereocenters. The zero-order chi connectivity index (χ0) is 22.5. The lowest BCUT2D eigenvalue weighted by Crippen LogP contribution is -2.03. The number of nitrogens with one attached hydrogen (secondary N) is 1. The SMILES string of the molecule is CCOc1cc(/C=N\Nc2nc3ccccc3n2C)cc(I)c1OCc1ccc(Cl)cc1. The average molecular weight is 561 g/mol. The van der Waals surface area contributed by atoms with Crippen LogP contribution in [0.5, 0.6) is 11.5 Å². The smallest absolute Gasteiger partial charge is 0.224 e. The Morgan fingerprint density at radius 2 is 1.91 bits per heavy atom.